The molecule has 4 nitrogen and oxygen atoms in total. The van der Waals surface area contributed by atoms with Gasteiger partial charge in [-0.25, -0.2) is 0 Å². The van der Waals surface area contributed by atoms with E-state index < -0.39 is 0 Å². The van der Waals surface area contributed by atoms with Gasteiger partial charge in [-0.1, -0.05) is 70.5 Å². The normalized spacial score (nSPS) is 16.8. The minimum absolute atomic E-state index is 0.0973. The Kier molecular flexibility index (Phi) is 6.16. The zero-order valence-corrected chi connectivity index (χ0v) is 18.1. The van der Waals surface area contributed by atoms with Crippen molar-refractivity contribution < 1.29 is 9.53 Å². The van der Waals surface area contributed by atoms with Gasteiger partial charge in [-0.3, -0.25) is 9.69 Å². The highest BCUT2D eigenvalue weighted by molar-refractivity contribution is 9.10. The summed E-state index contributed by atoms with van der Waals surface area (Å²) in [5.74, 6) is 0.522. The van der Waals surface area contributed by atoms with Crippen LogP contribution in [0.5, 0.6) is 5.75 Å². The summed E-state index contributed by atoms with van der Waals surface area (Å²) >= 11 is 3.60. The highest BCUT2D eigenvalue weighted by atomic mass is 79.9. The lowest BCUT2D eigenvalue weighted by molar-refractivity contribution is 0.0937. The lowest BCUT2D eigenvalue weighted by Gasteiger charge is -2.25. The van der Waals surface area contributed by atoms with Crippen molar-refractivity contribution >= 4 is 32.6 Å². The van der Waals surface area contributed by atoms with Crippen molar-refractivity contribution in [2.24, 2.45) is 0 Å². The highest BCUT2D eigenvalue weighted by Crippen LogP contribution is 2.35. The molecule has 0 saturated carbocycles. The van der Waals surface area contributed by atoms with Gasteiger partial charge in [0.2, 0.25) is 0 Å². The average Bonchev–Trinajstić information content (AvgIpc) is 3.19. The molecule has 5 heteroatoms. The fourth-order valence-corrected chi connectivity index (χ4v) is 4.73. The smallest absolute Gasteiger partial charge is 0.255 e. The molecular weight excluding hydrogens is 428 g/mol. The number of halogens is 1. The quantitative estimate of drug-likeness (QED) is 0.571. The first kappa shape index (κ1) is 19.9. The van der Waals surface area contributed by atoms with Crippen molar-refractivity contribution in [3.05, 3.63) is 76.3 Å². The van der Waals surface area contributed by atoms with E-state index >= 15 is 0 Å². The molecule has 0 spiro atoms. The number of nitrogens with one attached hydrogen (secondary N) is 1. The number of amides is 1. The van der Waals surface area contributed by atoms with Crippen molar-refractivity contribution in [3.63, 3.8) is 0 Å². The standard InChI is InChI=1S/C24H25BrN2O2/c1-29-23-20-12-6-5-11-19(20)22(25)14-21(23)24(28)26-15-18-10-7-13-27(18)16-17-8-3-2-4-9-17/h2-6,8-9,11-12,14,18H,7,10,13,15-16H2,1H3,(H,26,28)/t18-/m1/s1. The zero-order chi connectivity index (χ0) is 20.2. The summed E-state index contributed by atoms with van der Waals surface area (Å²) in [6, 6.07) is 20.7. The summed E-state index contributed by atoms with van der Waals surface area (Å²) in [4.78, 5) is 15.5. The maximum Gasteiger partial charge on any atom is 0.255 e. The molecule has 3 aromatic carbocycles. The molecular formula is C24H25BrN2O2. The van der Waals surface area contributed by atoms with E-state index in [-0.39, 0.29) is 5.91 Å². The predicted molar refractivity (Wildman–Crippen MR) is 120 cm³/mol. The maximum absolute atomic E-state index is 13.0. The van der Waals surface area contributed by atoms with E-state index in [0.29, 0.717) is 23.9 Å². The second-order valence-electron chi connectivity index (χ2n) is 7.45. The summed E-state index contributed by atoms with van der Waals surface area (Å²) < 4.78 is 6.51. The Labute approximate surface area is 180 Å². The van der Waals surface area contributed by atoms with Gasteiger partial charge in [0.15, 0.2) is 0 Å². The van der Waals surface area contributed by atoms with Crippen LogP contribution in [0.25, 0.3) is 10.8 Å². The molecule has 0 radical (unpaired) electrons. The molecule has 0 aliphatic carbocycles. The van der Waals surface area contributed by atoms with Crippen LogP contribution in [-0.4, -0.2) is 37.0 Å². The van der Waals surface area contributed by atoms with Gasteiger partial charge in [-0.05, 0) is 36.4 Å². The summed E-state index contributed by atoms with van der Waals surface area (Å²) in [5.41, 5.74) is 1.87. The Hall–Kier alpha value is -2.37. The van der Waals surface area contributed by atoms with E-state index in [4.69, 9.17) is 4.74 Å². The van der Waals surface area contributed by atoms with Crippen LogP contribution in [-0.2, 0) is 6.54 Å². The van der Waals surface area contributed by atoms with Crippen molar-refractivity contribution in [1.82, 2.24) is 10.2 Å². The van der Waals surface area contributed by atoms with Crippen molar-refractivity contribution in [2.45, 2.75) is 25.4 Å². The fourth-order valence-electron chi connectivity index (χ4n) is 4.15. The third-order valence-corrected chi connectivity index (χ3v) is 6.28. The second-order valence-corrected chi connectivity index (χ2v) is 8.30. The number of hydrogen-bond donors (Lipinski definition) is 1. The number of carbonyl (C=O) groups is 1. The number of hydrogen-bond acceptors (Lipinski definition) is 3. The molecule has 1 fully saturated rings. The van der Waals surface area contributed by atoms with Crippen LogP contribution in [0.2, 0.25) is 0 Å². The van der Waals surface area contributed by atoms with Gasteiger partial charge in [-0.15, -0.1) is 0 Å². The molecule has 1 heterocycles. The Bertz CT molecular complexity index is 1010. The van der Waals surface area contributed by atoms with Gasteiger partial charge in [0.25, 0.3) is 5.91 Å². The van der Waals surface area contributed by atoms with Crippen LogP contribution in [0, 0.1) is 0 Å². The predicted octanol–water partition coefficient (Wildman–Crippen LogP) is 5.01. The van der Waals surface area contributed by atoms with E-state index in [1.807, 2.05) is 36.4 Å². The third-order valence-electron chi connectivity index (χ3n) is 5.62. The minimum Gasteiger partial charge on any atom is -0.495 e. The number of benzene rings is 3. The van der Waals surface area contributed by atoms with E-state index in [2.05, 4.69) is 50.4 Å². The molecule has 1 N–H and O–H groups in total. The first-order valence-corrected chi connectivity index (χ1v) is 10.8. The largest absolute Gasteiger partial charge is 0.495 e. The summed E-state index contributed by atoms with van der Waals surface area (Å²) in [5, 5.41) is 5.11. The van der Waals surface area contributed by atoms with Crippen LogP contribution in [0.15, 0.2) is 65.1 Å². The average molecular weight is 453 g/mol. The molecule has 0 unspecified atom stereocenters. The molecule has 1 aliphatic rings. The molecule has 0 aromatic heterocycles. The summed E-state index contributed by atoms with van der Waals surface area (Å²) in [7, 11) is 1.62. The minimum atomic E-state index is -0.0973. The lowest BCUT2D eigenvalue weighted by atomic mass is 10.0. The first-order chi connectivity index (χ1) is 14.2. The molecule has 150 valence electrons. The van der Waals surface area contributed by atoms with Gasteiger partial charge in [0.05, 0.1) is 12.7 Å². The number of ether oxygens (including phenoxy) is 1. The molecule has 1 saturated heterocycles. The number of nitrogens with zero attached hydrogens (tertiary/aromatic N) is 1. The number of methoxy groups -OCH3 is 1. The first-order valence-electron chi connectivity index (χ1n) is 9.99. The van der Waals surface area contributed by atoms with Gasteiger partial charge in [-0.2, -0.15) is 0 Å². The topological polar surface area (TPSA) is 41.6 Å². The molecule has 29 heavy (non-hydrogen) atoms. The molecule has 4 rings (SSSR count). The maximum atomic E-state index is 13.0. The number of carbonyl (C=O) groups excluding carboxylic acids is 1. The molecule has 0 bridgehead atoms. The highest BCUT2D eigenvalue weighted by Gasteiger charge is 2.26. The van der Waals surface area contributed by atoms with Gasteiger partial charge in [0, 0.05) is 29.0 Å². The molecule has 1 atom stereocenters. The molecule has 1 aliphatic heterocycles. The number of likely N-dealkylation sites (tertiary alicyclic amines) is 1. The Morgan fingerprint density at radius 2 is 1.86 bits per heavy atom. The van der Waals surface area contributed by atoms with Crippen LogP contribution < -0.4 is 10.1 Å². The van der Waals surface area contributed by atoms with Crippen molar-refractivity contribution in [3.8, 4) is 5.75 Å². The fraction of sp³-hybridized carbons (Fsp3) is 0.292. The molecule has 3 aromatic rings. The molecule has 1 amide bonds. The number of fused-ring (bicyclic) bond motifs is 1. The Balaban J connectivity index is 1.48. The van der Waals surface area contributed by atoms with Crippen LogP contribution in [0.3, 0.4) is 0 Å². The Morgan fingerprint density at radius 3 is 2.62 bits per heavy atom. The third kappa shape index (κ3) is 4.31. The van der Waals surface area contributed by atoms with E-state index in [1.54, 1.807) is 7.11 Å². The summed E-state index contributed by atoms with van der Waals surface area (Å²) in [6.07, 6.45) is 2.27. The SMILES string of the molecule is COc1c(C(=O)NC[C@H]2CCCN2Cc2ccccc2)cc(Br)c2ccccc12. The van der Waals surface area contributed by atoms with E-state index in [1.165, 1.54) is 5.56 Å². The van der Waals surface area contributed by atoms with Crippen LogP contribution in [0.1, 0.15) is 28.8 Å². The Morgan fingerprint density at radius 1 is 1.14 bits per heavy atom. The van der Waals surface area contributed by atoms with Gasteiger partial charge in [0.1, 0.15) is 5.75 Å². The zero-order valence-electron chi connectivity index (χ0n) is 16.5. The monoisotopic (exact) mass is 452 g/mol. The van der Waals surface area contributed by atoms with Gasteiger partial charge >= 0.3 is 0 Å². The van der Waals surface area contributed by atoms with Crippen LogP contribution >= 0.6 is 15.9 Å². The summed E-state index contributed by atoms with van der Waals surface area (Å²) in [6.45, 7) is 2.63. The van der Waals surface area contributed by atoms with E-state index in [0.717, 1.165) is 41.2 Å². The lowest BCUT2D eigenvalue weighted by Crippen LogP contribution is -2.39. The second kappa shape index (κ2) is 8.97. The van der Waals surface area contributed by atoms with Crippen molar-refractivity contribution in [1.29, 1.82) is 0 Å². The number of rotatable bonds is 6. The van der Waals surface area contributed by atoms with Gasteiger partial charge < -0.3 is 10.1 Å². The van der Waals surface area contributed by atoms with Crippen LogP contribution in [0.4, 0.5) is 0 Å². The van der Waals surface area contributed by atoms with Crippen molar-refractivity contribution in [2.75, 3.05) is 20.2 Å². The van der Waals surface area contributed by atoms with E-state index in [9.17, 15) is 4.79 Å².